The molecule has 0 spiro atoms. The van der Waals surface area contributed by atoms with Gasteiger partial charge >= 0.3 is 0 Å². The van der Waals surface area contributed by atoms with Gasteiger partial charge in [-0.15, -0.1) is 0 Å². The van der Waals surface area contributed by atoms with Gasteiger partial charge in [-0.3, -0.25) is 9.69 Å². The first-order valence-corrected chi connectivity index (χ1v) is 6.75. The van der Waals surface area contributed by atoms with Gasteiger partial charge in [0, 0.05) is 26.2 Å². The van der Waals surface area contributed by atoms with Crippen molar-refractivity contribution in [2.45, 2.75) is 0 Å². The van der Waals surface area contributed by atoms with Gasteiger partial charge in [0.05, 0.1) is 13.8 Å². The minimum atomic E-state index is -0.130. The summed E-state index contributed by atoms with van der Waals surface area (Å²) in [6.45, 7) is 4.39. The van der Waals surface area contributed by atoms with Crippen molar-refractivity contribution < 1.29 is 14.3 Å². The molecule has 1 amide bonds. The Morgan fingerprint density at radius 3 is 2.70 bits per heavy atom. The zero-order valence-corrected chi connectivity index (χ0v) is 11.7. The molecule has 0 bridgehead atoms. The molecule has 1 fully saturated rings. The monoisotopic (exact) mass is 279 g/mol. The van der Waals surface area contributed by atoms with Crippen LogP contribution in [0.2, 0.25) is 0 Å². The van der Waals surface area contributed by atoms with E-state index in [4.69, 9.17) is 9.47 Å². The molecule has 1 aliphatic heterocycles. The van der Waals surface area contributed by atoms with Crippen LogP contribution in [0, 0.1) is 0 Å². The number of nitrogens with one attached hydrogen (secondary N) is 2. The van der Waals surface area contributed by atoms with Crippen molar-refractivity contribution in [3.63, 3.8) is 0 Å². The lowest BCUT2D eigenvalue weighted by Crippen LogP contribution is -2.48. The predicted molar refractivity (Wildman–Crippen MR) is 75.9 cm³/mol. The first-order chi connectivity index (χ1) is 9.79. The topological polar surface area (TPSA) is 62.8 Å². The quantitative estimate of drug-likeness (QED) is 0.770. The van der Waals surface area contributed by atoms with Gasteiger partial charge in [0.15, 0.2) is 18.1 Å². The third-order valence-electron chi connectivity index (χ3n) is 3.14. The Morgan fingerprint density at radius 1 is 1.30 bits per heavy atom. The number of nitrogens with zero attached hydrogens (tertiary/aromatic N) is 1. The number of hydrogen-bond donors (Lipinski definition) is 2. The lowest BCUT2D eigenvalue weighted by atomic mass is 10.3. The highest BCUT2D eigenvalue weighted by Crippen LogP contribution is 2.25. The molecule has 2 N–H and O–H groups in total. The van der Waals surface area contributed by atoms with E-state index in [1.165, 1.54) is 0 Å². The fraction of sp³-hybridized carbons (Fsp3) is 0.500. The Labute approximate surface area is 119 Å². The second kappa shape index (κ2) is 7.72. The van der Waals surface area contributed by atoms with Crippen LogP contribution in [-0.4, -0.2) is 57.4 Å². The number of piperazine rings is 1. The van der Waals surface area contributed by atoms with Crippen LogP contribution >= 0.6 is 0 Å². The van der Waals surface area contributed by atoms with Gasteiger partial charge in [-0.1, -0.05) is 12.1 Å². The molecule has 110 valence electrons. The molecule has 0 radical (unpaired) electrons. The van der Waals surface area contributed by atoms with E-state index >= 15 is 0 Å². The predicted octanol–water partition coefficient (Wildman–Crippen LogP) is 0.0529. The van der Waals surface area contributed by atoms with Gasteiger partial charge in [0.1, 0.15) is 0 Å². The molecule has 6 nitrogen and oxygen atoms in total. The Morgan fingerprint density at radius 2 is 2.00 bits per heavy atom. The Balaban J connectivity index is 1.71. The summed E-state index contributed by atoms with van der Waals surface area (Å²) >= 11 is 0. The van der Waals surface area contributed by atoms with E-state index in [9.17, 15) is 4.79 Å². The van der Waals surface area contributed by atoms with Gasteiger partial charge in [0.25, 0.3) is 5.91 Å². The maximum Gasteiger partial charge on any atom is 0.258 e. The van der Waals surface area contributed by atoms with Crippen LogP contribution in [0.25, 0.3) is 0 Å². The van der Waals surface area contributed by atoms with Crippen LogP contribution in [0.3, 0.4) is 0 Å². The summed E-state index contributed by atoms with van der Waals surface area (Å²) in [7, 11) is 1.58. The average molecular weight is 279 g/mol. The molecule has 1 saturated heterocycles. The van der Waals surface area contributed by atoms with Crippen LogP contribution in [0.15, 0.2) is 24.3 Å². The number of carbonyl (C=O) groups excluding carboxylic acids is 1. The Bertz CT molecular complexity index is 433. The molecule has 1 aliphatic rings. The summed E-state index contributed by atoms with van der Waals surface area (Å²) in [4.78, 5) is 13.9. The third kappa shape index (κ3) is 4.40. The van der Waals surface area contributed by atoms with E-state index in [2.05, 4.69) is 15.5 Å². The van der Waals surface area contributed by atoms with Crippen molar-refractivity contribution in [3.05, 3.63) is 24.3 Å². The molecule has 20 heavy (non-hydrogen) atoms. The first kappa shape index (κ1) is 14.6. The van der Waals surface area contributed by atoms with Crippen LogP contribution in [0.1, 0.15) is 0 Å². The maximum atomic E-state index is 11.7. The Hall–Kier alpha value is -1.79. The molecule has 0 aromatic heterocycles. The fourth-order valence-corrected chi connectivity index (χ4v) is 2.00. The number of amides is 1. The normalized spacial score (nSPS) is 15.7. The third-order valence-corrected chi connectivity index (χ3v) is 3.14. The van der Waals surface area contributed by atoms with Gasteiger partial charge < -0.3 is 20.1 Å². The minimum absolute atomic E-state index is 0.00748. The van der Waals surface area contributed by atoms with Gasteiger partial charge in [-0.05, 0) is 12.1 Å². The molecular weight excluding hydrogens is 258 g/mol. The van der Waals surface area contributed by atoms with Crippen LogP contribution in [0.5, 0.6) is 11.5 Å². The number of hydrogen-bond acceptors (Lipinski definition) is 5. The SMILES string of the molecule is COc1ccccc1OCC(=O)NCN1CCNCC1. The number of carbonyl (C=O) groups is 1. The van der Waals surface area contributed by atoms with E-state index in [1.807, 2.05) is 12.1 Å². The number of rotatable bonds is 6. The summed E-state index contributed by atoms with van der Waals surface area (Å²) in [6.07, 6.45) is 0. The van der Waals surface area contributed by atoms with Gasteiger partial charge in [-0.2, -0.15) is 0 Å². The van der Waals surface area contributed by atoms with Crippen LogP contribution in [-0.2, 0) is 4.79 Å². The average Bonchev–Trinajstić information content (AvgIpc) is 2.52. The largest absolute Gasteiger partial charge is 0.493 e. The van der Waals surface area contributed by atoms with E-state index in [1.54, 1.807) is 19.2 Å². The molecule has 1 aromatic rings. The van der Waals surface area contributed by atoms with Gasteiger partial charge in [-0.25, -0.2) is 0 Å². The lowest BCUT2D eigenvalue weighted by molar-refractivity contribution is -0.123. The van der Waals surface area contributed by atoms with Crippen molar-refractivity contribution in [3.8, 4) is 11.5 Å². The second-order valence-corrected chi connectivity index (χ2v) is 4.57. The first-order valence-electron chi connectivity index (χ1n) is 6.75. The second-order valence-electron chi connectivity index (χ2n) is 4.57. The molecule has 6 heteroatoms. The molecule has 1 aromatic carbocycles. The number of benzene rings is 1. The zero-order valence-electron chi connectivity index (χ0n) is 11.7. The zero-order chi connectivity index (χ0) is 14.2. The van der Waals surface area contributed by atoms with Crippen molar-refractivity contribution in [2.75, 3.05) is 46.6 Å². The van der Waals surface area contributed by atoms with Crippen molar-refractivity contribution in [1.82, 2.24) is 15.5 Å². The summed E-state index contributed by atoms with van der Waals surface area (Å²) < 4.78 is 10.6. The molecule has 0 unspecified atom stereocenters. The highest BCUT2D eigenvalue weighted by atomic mass is 16.5. The highest BCUT2D eigenvalue weighted by Gasteiger charge is 2.11. The number of para-hydroxylation sites is 2. The molecule has 0 atom stereocenters. The molecule has 1 heterocycles. The van der Waals surface area contributed by atoms with Crippen LogP contribution < -0.4 is 20.1 Å². The summed E-state index contributed by atoms with van der Waals surface area (Å²) in [6, 6.07) is 7.28. The van der Waals surface area contributed by atoms with E-state index in [0.717, 1.165) is 26.2 Å². The smallest absolute Gasteiger partial charge is 0.258 e. The van der Waals surface area contributed by atoms with E-state index in [0.29, 0.717) is 18.2 Å². The molecular formula is C14H21N3O3. The van der Waals surface area contributed by atoms with Crippen LogP contribution in [0.4, 0.5) is 0 Å². The Kier molecular flexibility index (Phi) is 5.64. The van der Waals surface area contributed by atoms with Crippen molar-refractivity contribution in [2.24, 2.45) is 0 Å². The standard InChI is InChI=1S/C14H21N3O3/c1-19-12-4-2-3-5-13(12)20-10-14(18)16-11-17-8-6-15-7-9-17/h2-5,15H,6-11H2,1H3,(H,16,18). The summed E-state index contributed by atoms with van der Waals surface area (Å²) in [5.74, 6) is 1.07. The van der Waals surface area contributed by atoms with E-state index < -0.39 is 0 Å². The lowest BCUT2D eigenvalue weighted by Gasteiger charge is -2.27. The molecule has 2 rings (SSSR count). The van der Waals surface area contributed by atoms with Gasteiger partial charge in [0.2, 0.25) is 0 Å². The number of methoxy groups -OCH3 is 1. The number of ether oxygens (including phenoxy) is 2. The summed E-state index contributed by atoms with van der Waals surface area (Å²) in [5.41, 5.74) is 0. The summed E-state index contributed by atoms with van der Waals surface area (Å²) in [5, 5.41) is 6.12. The minimum Gasteiger partial charge on any atom is -0.493 e. The fourth-order valence-electron chi connectivity index (χ4n) is 2.00. The highest BCUT2D eigenvalue weighted by molar-refractivity contribution is 5.77. The van der Waals surface area contributed by atoms with Crippen molar-refractivity contribution in [1.29, 1.82) is 0 Å². The van der Waals surface area contributed by atoms with E-state index in [-0.39, 0.29) is 12.5 Å². The molecule has 0 saturated carbocycles. The van der Waals surface area contributed by atoms with Crippen molar-refractivity contribution >= 4 is 5.91 Å². The maximum absolute atomic E-state index is 11.7. The molecule has 0 aliphatic carbocycles.